The molecule has 0 unspecified atom stereocenters. The zero-order valence-corrected chi connectivity index (χ0v) is 9.95. The van der Waals surface area contributed by atoms with E-state index in [0.717, 1.165) is 11.1 Å². The Morgan fingerprint density at radius 3 is 2.62 bits per heavy atom. The average molecular weight is 241 g/mol. The van der Waals surface area contributed by atoms with E-state index < -0.39 is 5.97 Å². The van der Waals surface area contributed by atoms with Crippen molar-refractivity contribution in [3.63, 3.8) is 0 Å². The molecule has 0 bridgehead atoms. The molecule has 0 amide bonds. The van der Waals surface area contributed by atoms with Crippen molar-refractivity contribution in [2.45, 2.75) is 5.88 Å². The Hall–Kier alpha value is -1.48. The van der Waals surface area contributed by atoms with Gasteiger partial charge >= 0.3 is 5.97 Å². The molecule has 0 aliphatic heterocycles. The van der Waals surface area contributed by atoms with Gasteiger partial charge in [-0.05, 0) is 11.1 Å². The van der Waals surface area contributed by atoms with Gasteiger partial charge in [0, 0.05) is 5.88 Å². The van der Waals surface area contributed by atoms with Crippen LogP contribution in [0, 0.1) is 0 Å². The van der Waals surface area contributed by atoms with Crippen molar-refractivity contribution in [1.29, 1.82) is 0 Å². The van der Waals surface area contributed by atoms with Gasteiger partial charge in [-0.1, -0.05) is 24.3 Å². The van der Waals surface area contributed by atoms with E-state index in [-0.39, 0.29) is 0 Å². The molecule has 0 atom stereocenters. The number of ether oxygens (including phenoxy) is 2. The lowest BCUT2D eigenvalue weighted by Crippen LogP contribution is -2.06. The minimum absolute atomic E-state index is 0.328. The zero-order chi connectivity index (χ0) is 12.0. The summed E-state index contributed by atoms with van der Waals surface area (Å²) in [5, 5.41) is 0. The lowest BCUT2D eigenvalue weighted by atomic mass is 10.0. The van der Waals surface area contributed by atoms with Crippen LogP contribution in [0.25, 0.3) is 5.57 Å². The van der Waals surface area contributed by atoms with E-state index in [1.807, 2.05) is 18.2 Å². The highest BCUT2D eigenvalue weighted by molar-refractivity contribution is 6.19. The average Bonchev–Trinajstić information content (AvgIpc) is 2.35. The number of hydrogen-bond acceptors (Lipinski definition) is 3. The van der Waals surface area contributed by atoms with Crippen LogP contribution >= 0.6 is 11.6 Å². The molecule has 0 heterocycles. The van der Waals surface area contributed by atoms with Crippen LogP contribution in [0.2, 0.25) is 0 Å². The van der Waals surface area contributed by atoms with Gasteiger partial charge in [-0.2, -0.15) is 0 Å². The quantitative estimate of drug-likeness (QED) is 0.351. The van der Waals surface area contributed by atoms with Crippen molar-refractivity contribution in [2.75, 3.05) is 14.2 Å². The monoisotopic (exact) mass is 240 g/mol. The van der Waals surface area contributed by atoms with Gasteiger partial charge in [-0.25, -0.2) is 4.79 Å². The second-order valence-corrected chi connectivity index (χ2v) is 3.32. The van der Waals surface area contributed by atoms with Crippen molar-refractivity contribution in [3.05, 3.63) is 41.7 Å². The first-order valence-corrected chi connectivity index (χ1v) is 5.23. The van der Waals surface area contributed by atoms with Crippen LogP contribution < -0.4 is 0 Å². The van der Waals surface area contributed by atoms with Crippen LogP contribution in [0.4, 0.5) is 0 Å². The maximum Gasteiger partial charge on any atom is 0.341 e. The van der Waals surface area contributed by atoms with E-state index in [4.69, 9.17) is 16.3 Å². The smallest absolute Gasteiger partial charge is 0.341 e. The summed E-state index contributed by atoms with van der Waals surface area (Å²) in [6, 6.07) is 7.36. The number of hydrogen-bond donors (Lipinski definition) is 0. The molecular weight excluding hydrogens is 228 g/mol. The maximum absolute atomic E-state index is 11.6. The number of methoxy groups -OCH3 is 2. The molecule has 0 aromatic heterocycles. The highest BCUT2D eigenvalue weighted by Crippen LogP contribution is 2.22. The van der Waals surface area contributed by atoms with Gasteiger partial charge in [-0.3, -0.25) is 0 Å². The fourth-order valence-corrected chi connectivity index (χ4v) is 1.58. The molecule has 1 aromatic rings. The van der Waals surface area contributed by atoms with E-state index in [9.17, 15) is 4.79 Å². The molecule has 0 radical (unpaired) electrons. The minimum Gasteiger partial charge on any atom is -0.503 e. The van der Waals surface area contributed by atoms with Crippen molar-refractivity contribution in [2.24, 2.45) is 0 Å². The summed E-state index contributed by atoms with van der Waals surface area (Å²) < 4.78 is 9.56. The fraction of sp³-hybridized carbons (Fsp3) is 0.250. The molecule has 0 aliphatic rings. The summed E-state index contributed by atoms with van der Waals surface area (Å²) in [6.45, 7) is 0. The van der Waals surface area contributed by atoms with Gasteiger partial charge in [0.1, 0.15) is 5.57 Å². The van der Waals surface area contributed by atoms with Crippen molar-refractivity contribution >= 4 is 23.1 Å². The first kappa shape index (κ1) is 12.6. The van der Waals surface area contributed by atoms with Gasteiger partial charge in [0.15, 0.2) is 0 Å². The number of carbonyl (C=O) groups excluding carboxylic acids is 1. The Bertz CT molecular complexity index is 399. The normalized spacial score (nSPS) is 11.1. The molecule has 16 heavy (non-hydrogen) atoms. The Labute approximate surface area is 99.6 Å². The van der Waals surface area contributed by atoms with Crippen LogP contribution in [0.5, 0.6) is 0 Å². The Morgan fingerprint density at radius 2 is 2.06 bits per heavy atom. The highest BCUT2D eigenvalue weighted by Gasteiger charge is 2.15. The molecule has 3 nitrogen and oxygen atoms in total. The largest absolute Gasteiger partial charge is 0.503 e. The molecule has 4 heteroatoms. The molecule has 0 spiro atoms. The third-order valence-corrected chi connectivity index (χ3v) is 2.38. The molecule has 0 fully saturated rings. The van der Waals surface area contributed by atoms with E-state index in [1.165, 1.54) is 20.5 Å². The van der Waals surface area contributed by atoms with Crippen LogP contribution in [0.15, 0.2) is 30.5 Å². The number of benzene rings is 1. The van der Waals surface area contributed by atoms with Gasteiger partial charge in [0.2, 0.25) is 0 Å². The Morgan fingerprint density at radius 1 is 1.38 bits per heavy atom. The fourth-order valence-electron chi connectivity index (χ4n) is 1.35. The van der Waals surface area contributed by atoms with E-state index in [1.54, 1.807) is 6.07 Å². The summed E-state index contributed by atoms with van der Waals surface area (Å²) in [4.78, 5) is 11.6. The third-order valence-electron chi connectivity index (χ3n) is 2.09. The van der Waals surface area contributed by atoms with Gasteiger partial charge in [-0.15, -0.1) is 11.6 Å². The van der Waals surface area contributed by atoms with Gasteiger partial charge < -0.3 is 9.47 Å². The second-order valence-electron chi connectivity index (χ2n) is 3.05. The topological polar surface area (TPSA) is 35.5 Å². The highest BCUT2D eigenvalue weighted by atomic mass is 35.5. The first-order valence-electron chi connectivity index (χ1n) is 4.70. The SMILES string of the molecule is CO/C=C(/C(=O)OC)c1ccccc1CCl. The van der Waals surface area contributed by atoms with Gasteiger partial charge in [0.05, 0.1) is 20.5 Å². The van der Waals surface area contributed by atoms with Crippen LogP contribution in [-0.4, -0.2) is 20.2 Å². The van der Waals surface area contributed by atoms with Gasteiger partial charge in [0.25, 0.3) is 0 Å². The maximum atomic E-state index is 11.6. The summed E-state index contributed by atoms with van der Waals surface area (Å²) >= 11 is 5.80. The molecule has 0 aliphatic carbocycles. The number of alkyl halides is 1. The summed E-state index contributed by atoms with van der Waals surface area (Å²) in [5.74, 6) is -0.117. The number of esters is 1. The second kappa shape index (κ2) is 6.18. The summed E-state index contributed by atoms with van der Waals surface area (Å²) in [7, 11) is 2.81. The molecule has 0 saturated carbocycles. The van der Waals surface area contributed by atoms with E-state index in [2.05, 4.69) is 4.74 Å². The number of rotatable bonds is 4. The molecule has 0 saturated heterocycles. The van der Waals surface area contributed by atoms with Crippen LogP contribution in [-0.2, 0) is 20.1 Å². The van der Waals surface area contributed by atoms with Crippen LogP contribution in [0.1, 0.15) is 11.1 Å². The lowest BCUT2D eigenvalue weighted by molar-refractivity contribution is -0.133. The number of carbonyl (C=O) groups is 1. The third kappa shape index (κ3) is 2.76. The van der Waals surface area contributed by atoms with Crippen LogP contribution in [0.3, 0.4) is 0 Å². The molecule has 86 valence electrons. The van der Waals surface area contributed by atoms with E-state index >= 15 is 0 Å². The summed E-state index contributed by atoms with van der Waals surface area (Å²) in [5.41, 5.74) is 1.95. The molecular formula is C12H13ClO3. The minimum atomic E-state index is -0.445. The number of halogens is 1. The predicted molar refractivity (Wildman–Crippen MR) is 63.0 cm³/mol. The first-order chi connectivity index (χ1) is 7.74. The van der Waals surface area contributed by atoms with Crippen molar-refractivity contribution in [1.82, 2.24) is 0 Å². The summed E-state index contributed by atoms with van der Waals surface area (Å²) in [6.07, 6.45) is 1.36. The Balaban J connectivity index is 3.21. The Kier molecular flexibility index (Phi) is 4.86. The zero-order valence-electron chi connectivity index (χ0n) is 9.20. The molecule has 1 aromatic carbocycles. The van der Waals surface area contributed by atoms with Crippen molar-refractivity contribution < 1.29 is 14.3 Å². The van der Waals surface area contributed by atoms with E-state index in [0.29, 0.717) is 11.5 Å². The predicted octanol–water partition coefficient (Wildman–Crippen LogP) is 2.59. The molecule has 0 N–H and O–H groups in total. The standard InChI is InChI=1S/C12H13ClO3/c1-15-8-11(12(14)16-2)10-6-4-3-5-9(10)7-13/h3-6,8H,7H2,1-2H3/b11-8+. The van der Waals surface area contributed by atoms with Crippen molar-refractivity contribution in [3.8, 4) is 0 Å². The lowest BCUT2D eigenvalue weighted by Gasteiger charge is -2.09. The molecule has 1 rings (SSSR count).